The van der Waals surface area contributed by atoms with Gasteiger partial charge in [-0.15, -0.1) is 0 Å². The van der Waals surface area contributed by atoms with Crippen molar-refractivity contribution in [2.75, 3.05) is 0 Å². The van der Waals surface area contributed by atoms with Crippen molar-refractivity contribution in [1.29, 1.82) is 0 Å². The van der Waals surface area contributed by atoms with E-state index in [-0.39, 0.29) is 21.7 Å². The molecule has 238 valence electrons. The van der Waals surface area contributed by atoms with Crippen LogP contribution in [0.1, 0.15) is 90.5 Å². The molecule has 0 N–H and O–H groups in total. The van der Waals surface area contributed by atoms with Gasteiger partial charge in [0.15, 0.2) is 0 Å². The molecule has 2 aromatic heterocycles. The fourth-order valence-electron chi connectivity index (χ4n) is 10.5. The first-order chi connectivity index (χ1) is 22.8. The van der Waals surface area contributed by atoms with Crippen LogP contribution in [0.2, 0.25) is 0 Å². The smallest absolute Gasteiger partial charge is 0.0711 e. The molecule has 48 heavy (non-hydrogen) atoms. The summed E-state index contributed by atoms with van der Waals surface area (Å²) < 4.78 is 0. The SMILES string of the molecule is CC1(C)CC(C)(C)c2c1cnc1cc3c(-c4ccccc4)c4cc5c6c(cnc5cc4c(-c4ccccc4)c3cc21)C(C)(C)CC6(C)C. The fourth-order valence-corrected chi connectivity index (χ4v) is 10.5. The summed E-state index contributed by atoms with van der Waals surface area (Å²) in [6, 6.07) is 31.8. The molecule has 2 heterocycles. The lowest BCUT2D eigenvalue weighted by molar-refractivity contribution is 0.403. The Morgan fingerprint density at radius 1 is 0.417 bits per heavy atom. The number of hydrogen-bond acceptors (Lipinski definition) is 2. The van der Waals surface area contributed by atoms with E-state index in [0.29, 0.717) is 0 Å². The summed E-state index contributed by atoms with van der Waals surface area (Å²) in [6.07, 6.45) is 6.57. The molecule has 0 spiro atoms. The molecule has 0 saturated heterocycles. The van der Waals surface area contributed by atoms with Gasteiger partial charge in [-0.05, 0) is 125 Å². The minimum absolute atomic E-state index is 0.0563. The van der Waals surface area contributed by atoms with E-state index in [0.717, 1.165) is 23.9 Å². The summed E-state index contributed by atoms with van der Waals surface area (Å²) in [5.41, 5.74) is 13.1. The molecule has 0 unspecified atom stereocenters. The Balaban J connectivity index is 1.52. The van der Waals surface area contributed by atoms with E-state index >= 15 is 0 Å². The third-order valence-corrected chi connectivity index (χ3v) is 11.8. The van der Waals surface area contributed by atoms with Gasteiger partial charge in [0.25, 0.3) is 0 Å². The van der Waals surface area contributed by atoms with Gasteiger partial charge in [0.2, 0.25) is 0 Å². The molecular weight excluding hydrogens is 581 g/mol. The fraction of sp³-hybridized carbons (Fsp3) is 0.304. The maximum Gasteiger partial charge on any atom is 0.0711 e. The molecule has 7 aromatic rings. The number of aromatic nitrogens is 2. The Hall–Kier alpha value is -4.56. The van der Waals surface area contributed by atoms with Crippen LogP contribution in [0.4, 0.5) is 0 Å². The normalized spacial score (nSPS) is 18.5. The minimum Gasteiger partial charge on any atom is -0.256 e. The summed E-state index contributed by atoms with van der Waals surface area (Å²) in [6.45, 7) is 19.2. The molecule has 2 aliphatic carbocycles. The van der Waals surface area contributed by atoms with Gasteiger partial charge in [0, 0.05) is 23.2 Å². The zero-order chi connectivity index (χ0) is 33.4. The Morgan fingerprint density at radius 2 is 0.771 bits per heavy atom. The van der Waals surface area contributed by atoms with Crippen LogP contribution in [-0.2, 0) is 21.7 Å². The highest BCUT2D eigenvalue weighted by Gasteiger charge is 2.44. The topological polar surface area (TPSA) is 25.8 Å². The standard InChI is InChI=1S/C46H44N2/c1-43(2)25-45(5,6)41-33-19-29-31(21-37(33)47-23-35(41)43)40(28-17-13-10-14-18-28)30-20-34-38(22-32(30)39(29)27-15-11-9-12-16-27)48-24-36-42(34)46(7,8)26-44(36,3)4/h9-24H,25-26H2,1-8H3. The van der Waals surface area contributed by atoms with Crippen molar-refractivity contribution in [1.82, 2.24) is 9.97 Å². The number of rotatable bonds is 2. The summed E-state index contributed by atoms with van der Waals surface area (Å²) in [7, 11) is 0. The second-order valence-corrected chi connectivity index (χ2v) is 17.3. The lowest BCUT2D eigenvalue weighted by Crippen LogP contribution is -2.18. The maximum absolute atomic E-state index is 5.20. The highest BCUT2D eigenvalue weighted by atomic mass is 14.7. The number of hydrogen-bond donors (Lipinski definition) is 0. The summed E-state index contributed by atoms with van der Waals surface area (Å²) >= 11 is 0. The van der Waals surface area contributed by atoms with E-state index in [9.17, 15) is 0 Å². The predicted octanol–water partition coefficient (Wildman–Crippen LogP) is 12.3. The Morgan fingerprint density at radius 3 is 1.15 bits per heavy atom. The third-order valence-electron chi connectivity index (χ3n) is 11.8. The third kappa shape index (κ3) is 4.04. The number of benzene rings is 5. The Bertz CT molecular complexity index is 2300. The van der Waals surface area contributed by atoms with Crippen LogP contribution in [0.5, 0.6) is 0 Å². The molecule has 2 heteroatoms. The van der Waals surface area contributed by atoms with Gasteiger partial charge in [-0.1, -0.05) is 116 Å². The second-order valence-electron chi connectivity index (χ2n) is 17.3. The van der Waals surface area contributed by atoms with Crippen LogP contribution in [0.3, 0.4) is 0 Å². The van der Waals surface area contributed by atoms with Crippen LogP contribution in [0.25, 0.3) is 65.6 Å². The molecular formula is C46H44N2. The van der Waals surface area contributed by atoms with Gasteiger partial charge < -0.3 is 0 Å². The summed E-state index contributed by atoms with van der Waals surface area (Å²) in [5, 5.41) is 7.62. The van der Waals surface area contributed by atoms with E-state index in [2.05, 4.69) is 153 Å². The van der Waals surface area contributed by atoms with Crippen molar-refractivity contribution in [3.63, 3.8) is 0 Å². The Labute approximate surface area is 284 Å². The molecule has 9 rings (SSSR count). The molecule has 0 amide bonds. The van der Waals surface area contributed by atoms with Gasteiger partial charge in [-0.3, -0.25) is 9.97 Å². The lowest BCUT2D eigenvalue weighted by atomic mass is 9.80. The monoisotopic (exact) mass is 624 g/mol. The minimum atomic E-state index is 0.0563. The number of fused-ring (bicyclic) bond motifs is 8. The van der Waals surface area contributed by atoms with Crippen molar-refractivity contribution < 1.29 is 0 Å². The molecule has 5 aromatic carbocycles. The van der Waals surface area contributed by atoms with Crippen molar-refractivity contribution in [3.8, 4) is 22.3 Å². The predicted molar refractivity (Wildman–Crippen MR) is 204 cm³/mol. The second kappa shape index (κ2) is 9.53. The molecule has 0 saturated carbocycles. The van der Waals surface area contributed by atoms with E-state index in [1.807, 2.05) is 0 Å². The van der Waals surface area contributed by atoms with Gasteiger partial charge in [0.05, 0.1) is 11.0 Å². The van der Waals surface area contributed by atoms with Gasteiger partial charge in [-0.25, -0.2) is 0 Å². The van der Waals surface area contributed by atoms with E-state index < -0.39 is 0 Å². The molecule has 2 aliphatic rings. The van der Waals surface area contributed by atoms with Crippen molar-refractivity contribution in [2.45, 2.75) is 89.9 Å². The van der Waals surface area contributed by atoms with E-state index in [4.69, 9.17) is 9.97 Å². The first-order valence-electron chi connectivity index (χ1n) is 17.6. The van der Waals surface area contributed by atoms with E-state index in [1.54, 1.807) is 0 Å². The molecule has 0 bridgehead atoms. The van der Waals surface area contributed by atoms with Crippen molar-refractivity contribution in [2.24, 2.45) is 0 Å². The average molecular weight is 625 g/mol. The van der Waals surface area contributed by atoms with Crippen LogP contribution in [0.15, 0.2) is 97.3 Å². The maximum atomic E-state index is 5.20. The van der Waals surface area contributed by atoms with Gasteiger partial charge in [0.1, 0.15) is 0 Å². The summed E-state index contributed by atoms with van der Waals surface area (Å²) in [5.74, 6) is 0. The first-order valence-corrected chi connectivity index (χ1v) is 17.6. The van der Waals surface area contributed by atoms with Crippen molar-refractivity contribution in [3.05, 3.63) is 120 Å². The van der Waals surface area contributed by atoms with Crippen LogP contribution in [0, 0.1) is 0 Å². The van der Waals surface area contributed by atoms with Crippen molar-refractivity contribution >= 4 is 43.4 Å². The summed E-state index contributed by atoms with van der Waals surface area (Å²) in [4.78, 5) is 10.4. The average Bonchev–Trinajstić information content (AvgIpc) is 3.36. The lowest BCUT2D eigenvalue weighted by Gasteiger charge is -2.24. The van der Waals surface area contributed by atoms with Crippen LogP contribution >= 0.6 is 0 Å². The number of pyridine rings is 2. The molecule has 0 atom stereocenters. The highest BCUT2D eigenvalue weighted by Crippen LogP contribution is 2.55. The Kier molecular flexibility index (Phi) is 5.87. The van der Waals surface area contributed by atoms with Gasteiger partial charge >= 0.3 is 0 Å². The molecule has 2 nitrogen and oxygen atoms in total. The quantitative estimate of drug-likeness (QED) is 0.179. The van der Waals surface area contributed by atoms with Gasteiger partial charge in [-0.2, -0.15) is 0 Å². The molecule has 0 aliphatic heterocycles. The molecule has 0 radical (unpaired) electrons. The zero-order valence-corrected chi connectivity index (χ0v) is 29.5. The highest BCUT2D eigenvalue weighted by molar-refractivity contribution is 6.25. The molecule has 0 fully saturated rings. The van der Waals surface area contributed by atoms with Crippen LogP contribution in [-0.4, -0.2) is 9.97 Å². The number of nitrogens with zero attached hydrogens (tertiary/aromatic N) is 2. The first kappa shape index (κ1) is 29.6. The largest absolute Gasteiger partial charge is 0.256 e. The van der Waals surface area contributed by atoms with Crippen LogP contribution < -0.4 is 0 Å². The zero-order valence-electron chi connectivity index (χ0n) is 29.5. The van der Waals surface area contributed by atoms with E-state index in [1.165, 1.54) is 76.8 Å².